The Morgan fingerprint density at radius 3 is 3.00 bits per heavy atom. The number of rotatable bonds is 5. The van der Waals surface area contributed by atoms with Gasteiger partial charge in [-0.05, 0) is 42.3 Å². The van der Waals surface area contributed by atoms with Crippen molar-refractivity contribution in [1.29, 1.82) is 0 Å². The third-order valence-corrected chi connectivity index (χ3v) is 4.12. The van der Waals surface area contributed by atoms with Gasteiger partial charge in [0.15, 0.2) is 5.84 Å². The average molecular weight is 323 g/mol. The Hall–Kier alpha value is -2.73. The summed E-state index contributed by atoms with van der Waals surface area (Å²) in [5, 5.41) is 11.0. The molecule has 0 fully saturated rings. The molecule has 2 aliphatic rings. The minimum Gasteiger partial charge on any atom is -0.325 e. The lowest BCUT2D eigenvalue weighted by molar-refractivity contribution is 0.624. The first-order chi connectivity index (χ1) is 11.8. The average Bonchev–Trinajstić information content (AvgIpc) is 2.59. The van der Waals surface area contributed by atoms with Crippen LogP contribution in [0.25, 0.3) is 0 Å². The third kappa shape index (κ3) is 3.00. The molecule has 0 aromatic heterocycles. The minimum absolute atomic E-state index is 0.193. The fourth-order valence-electron chi connectivity index (χ4n) is 2.98. The quantitative estimate of drug-likeness (QED) is 0.738. The Morgan fingerprint density at radius 1 is 1.17 bits per heavy atom. The predicted octanol–water partition coefficient (Wildman–Crippen LogP) is 2.06. The van der Waals surface area contributed by atoms with Crippen molar-refractivity contribution in [2.24, 2.45) is 10.1 Å². The Bertz CT molecular complexity index is 828. The molecule has 2 aromatic rings. The highest BCUT2D eigenvalue weighted by Crippen LogP contribution is 2.27. The van der Waals surface area contributed by atoms with Crippen molar-refractivity contribution in [1.82, 2.24) is 16.1 Å². The van der Waals surface area contributed by atoms with Crippen LogP contribution >= 0.6 is 0 Å². The van der Waals surface area contributed by atoms with Crippen LogP contribution in [0.1, 0.15) is 16.7 Å². The number of halogens is 1. The van der Waals surface area contributed by atoms with E-state index in [1.807, 2.05) is 18.2 Å². The molecule has 0 saturated heterocycles. The molecule has 0 aliphatic carbocycles. The molecule has 0 saturated carbocycles. The van der Waals surface area contributed by atoms with Gasteiger partial charge < -0.3 is 16.1 Å². The first-order valence-electron chi connectivity index (χ1n) is 8.02. The first-order valence-corrected chi connectivity index (χ1v) is 8.02. The number of aliphatic imine (C=N–C) groups is 1. The van der Waals surface area contributed by atoms with E-state index >= 15 is 0 Å². The van der Waals surface area contributed by atoms with Gasteiger partial charge in [0.05, 0.1) is 18.8 Å². The van der Waals surface area contributed by atoms with Crippen LogP contribution < -0.4 is 16.1 Å². The second-order valence-corrected chi connectivity index (χ2v) is 5.85. The summed E-state index contributed by atoms with van der Waals surface area (Å²) in [4.78, 5) is 4.67. The van der Waals surface area contributed by atoms with E-state index in [0.717, 1.165) is 48.0 Å². The molecule has 0 spiro atoms. The molecule has 2 aliphatic heterocycles. The molecule has 2 heterocycles. The van der Waals surface area contributed by atoms with E-state index in [1.54, 1.807) is 12.1 Å². The van der Waals surface area contributed by atoms with Crippen LogP contribution in [0.5, 0.6) is 0 Å². The van der Waals surface area contributed by atoms with Crippen LogP contribution in [-0.2, 0) is 13.0 Å². The van der Waals surface area contributed by atoms with Gasteiger partial charge in [0.1, 0.15) is 11.7 Å². The molecular formula is C18H18FN5. The second kappa shape index (κ2) is 6.41. The molecule has 0 atom stereocenters. The maximum atomic E-state index is 13.2. The normalized spacial score (nSPS) is 14.9. The summed E-state index contributed by atoms with van der Waals surface area (Å²) in [6.07, 6.45) is 0.772. The number of nitrogens with zero attached hydrogens (tertiary/aromatic N) is 2. The standard InChI is InChI=1S/C18H18FN5/c19-14-5-1-3-12(9-14)7-8-20-11-16-22-15-6-2-4-13-10-21-24-18(23-16)17(13)15/h1-6,9,20-21H,7-8,10-11H2,(H,22,23,24). The fourth-order valence-corrected chi connectivity index (χ4v) is 2.98. The fraction of sp³-hybridized carbons (Fsp3) is 0.222. The van der Waals surface area contributed by atoms with E-state index in [-0.39, 0.29) is 5.82 Å². The van der Waals surface area contributed by atoms with Crippen molar-refractivity contribution in [3.63, 3.8) is 0 Å². The largest absolute Gasteiger partial charge is 0.325 e. The van der Waals surface area contributed by atoms with E-state index < -0.39 is 0 Å². The van der Waals surface area contributed by atoms with E-state index in [2.05, 4.69) is 32.2 Å². The monoisotopic (exact) mass is 323 g/mol. The van der Waals surface area contributed by atoms with Gasteiger partial charge >= 0.3 is 0 Å². The van der Waals surface area contributed by atoms with Gasteiger partial charge in [-0.2, -0.15) is 5.10 Å². The van der Waals surface area contributed by atoms with Gasteiger partial charge in [-0.15, -0.1) is 0 Å². The lowest BCUT2D eigenvalue weighted by Gasteiger charge is -2.25. The SMILES string of the molecule is Fc1cccc(CCNCC2=Nc3cccc4c3C(=NNC4)N2)c1. The smallest absolute Gasteiger partial charge is 0.161 e. The second-order valence-electron chi connectivity index (χ2n) is 5.85. The number of hydrogen-bond acceptors (Lipinski definition) is 5. The molecule has 0 unspecified atom stereocenters. The lowest BCUT2D eigenvalue weighted by atomic mass is 10.0. The number of nitrogens with one attached hydrogen (secondary N) is 3. The molecule has 0 radical (unpaired) electrons. The summed E-state index contributed by atoms with van der Waals surface area (Å²) in [7, 11) is 0. The Kier molecular flexibility index (Phi) is 3.96. The van der Waals surface area contributed by atoms with Crippen molar-refractivity contribution in [3.8, 4) is 0 Å². The van der Waals surface area contributed by atoms with Crippen molar-refractivity contribution >= 4 is 17.4 Å². The molecule has 4 rings (SSSR count). The van der Waals surface area contributed by atoms with Crippen LogP contribution in [0.3, 0.4) is 0 Å². The van der Waals surface area contributed by atoms with Gasteiger partial charge in [0, 0.05) is 5.56 Å². The van der Waals surface area contributed by atoms with Gasteiger partial charge in [-0.3, -0.25) is 0 Å². The zero-order chi connectivity index (χ0) is 16.4. The number of hydrogen-bond donors (Lipinski definition) is 3. The zero-order valence-electron chi connectivity index (χ0n) is 13.1. The number of amidine groups is 2. The summed E-state index contributed by atoms with van der Waals surface area (Å²) in [5.41, 5.74) is 7.25. The molecule has 2 aromatic carbocycles. The van der Waals surface area contributed by atoms with Crippen molar-refractivity contribution in [2.75, 3.05) is 13.1 Å². The van der Waals surface area contributed by atoms with E-state index in [9.17, 15) is 4.39 Å². The molecule has 0 amide bonds. The van der Waals surface area contributed by atoms with Crippen LogP contribution in [0.4, 0.5) is 10.1 Å². The molecule has 0 bridgehead atoms. The van der Waals surface area contributed by atoms with Gasteiger partial charge in [-0.1, -0.05) is 24.3 Å². The highest BCUT2D eigenvalue weighted by Gasteiger charge is 2.23. The van der Waals surface area contributed by atoms with Crippen LogP contribution in [0, 0.1) is 5.82 Å². The Morgan fingerprint density at radius 2 is 2.08 bits per heavy atom. The summed E-state index contributed by atoms with van der Waals surface area (Å²) in [6, 6.07) is 12.8. The van der Waals surface area contributed by atoms with Gasteiger partial charge in [-0.25, -0.2) is 9.38 Å². The van der Waals surface area contributed by atoms with Gasteiger partial charge in [0.25, 0.3) is 0 Å². The number of benzene rings is 2. The van der Waals surface area contributed by atoms with E-state index in [1.165, 1.54) is 11.6 Å². The first kappa shape index (κ1) is 14.8. The summed E-state index contributed by atoms with van der Waals surface area (Å²) >= 11 is 0. The van der Waals surface area contributed by atoms with Crippen molar-refractivity contribution in [3.05, 3.63) is 65.0 Å². The third-order valence-electron chi connectivity index (χ3n) is 4.12. The summed E-state index contributed by atoms with van der Waals surface area (Å²) in [6.45, 7) is 2.09. The minimum atomic E-state index is -0.193. The van der Waals surface area contributed by atoms with Crippen LogP contribution in [0.15, 0.2) is 52.6 Å². The molecule has 122 valence electrons. The molecule has 3 N–H and O–H groups in total. The molecule has 6 heteroatoms. The van der Waals surface area contributed by atoms with E-state index in [0.29, 0.717) is 6.54 Å². The maximum absolute atomic E-state index is 13.2. The highest BCUT2D eigenvalue weighted by molar-refractivity contribution is 6.16. The molecule has 5 nitrogen and oxygen atoms in total. The zero-order valence-corrected chi connectivity index (χ0v) is 13.1. The van der Waals surface area contributed by atoms with E-state index in [4.69, 9.17) is 0 Å². The molecular weight excluding hydrogens is 305 g/mol. The topological polar surface area (TPSA) is 60.8 Å². The van der Waals surface area contributed by atoms with Gasteiger partial charge in [0.2, 0.25) is 0 Å². The number of hydrazone groups is 1. The van der Waals surface area contributed by atoms with Crippen molar-refractivity contribution < 1.29 is 4.39 Å². The maximum Gasteiger partial charge on any atom is 0.161 e. The highest BCUT2D eigenvalue weighted by atomic mass is 19.1. The predicted molar refractivity (Wildman–Crippen MR) is 93.0 cm³/mol. The Labute approximate surface area is 139 Å². The van der Waals surface area contributed by atoms with Crippen LogP contribution in [0.2, 0.25) is 0 Å². The van der Waals surface area contributed by atoms with Crippen LogP contribution in [-0.4, -0.2) is 24.8 Å². The lowest BCUT2D eigenvalue weighted by Crippen LogP contribution is -2.43. The summed E-state index contributed by atoms with van der Waals surface area (Å²) < 4.78 is 13.2. The van der Waals surface area contributed by atoms with Crippen molar-refractivity contribution in [2.45, 2.75) is 13.0 Å². The Balaban J connectivity index is 1.39. The summed E-state index contributed by atoms with van der Waals surface area (Å²) in [5.74, 6) is 1.46. The molecule has 24 heavy (non-hydrogen) atoms.